The van der Waals surface area contributed by atoms with Crippen molar-refractivity contribution in [1.82, 2.24) is 0 Å². The van der Waals surface area contributed by atoms with Gasteiger partial charge in [-0.2, -0.15) is 8.42 Å². The lowest BCUT2D eigenvalue weighted by atomic mass is 10.2. The van der Waals surface area contributed by atoms with Gasteiger partial charge in [0.1, 0.15) is 5.75 Å². The van der Waals surface area contributed by atoms with Crippen LogP contribution < -0.4 is 0 Å². The van der Waals surface area contributed by atoms with Crippen LogP contribution in [0.15, 0.2) is 24.3 Å². The summed E-state index contributed by atoms with van der Waals surface area (Å²) in [6.07, 6.45) is -0.0422. The molecule has 0 atom stereocenters. The van der Waals surface area contributed by atoms with Gasteiger partial charge < -0.3 is 4.18 Å². The zero-order valence-corrected chi connectivity index (χ0v) is 10.3. The third-order valence-corrected chi connectivity index (χ3v) is 3.13. The maximum Gasteiger partial charge on any atom is 0.321 e. The molecule has 7 nitrogen and oxygen atoms in total. The van der Waals surface area contributed by atoms with E-state index < -0.39 is 26.8 Å². The number of nitrogens with zero attached hydrogens (tertiary/aromatic N) is 1. The Labute approximate surface area is 104 Å². The van der Waals surface area contributed by atoms with Crippen molar-refractivity contribution in [3.63, 3.8) is 0 Å². The molecule has 0 radical (unpaired) electrons. The maximum atomic E-state index is 11.4. The first-order valence-electron chi connectivity index (χ1n) is 5.02. The van der Waals surface area contributed by atoms with Crippen molar-refractivity contribution in [1.29, 1.82) is 0 Å². The average Bonchev–Trinajstić information content (AvgIpc) is 2.28. The second kappa shape index (κ2) is 5.58. The van der Waals surface area contributed by atoms with Gasteiger partial charge in [-0.25, -0.2) is 0 Å². The molecule has 0 N–H and O–H groups in total. The molecule has 0 fully saturated rings. The van der Waals surface area contributed by atoms with Crippen LogP contribution in [0.5, 0.6) is 0 Å². The molecule has 0 spiro atoms. The zero-order chi connectivity index (χ0) is 13.8. The van der Waals surface area contributed by atoms with Crippen molar-refractivity contribution in [2.45, 2.75) is 19.1 Å². The number of non-ortho nitro benzene ring substituents is 1. The fraction of sp³-hybridized carbons (Fsp3) is 0.300. The van der Waals surface area contributed by atoms with Crippen LogP contribution in [0.25, 0.3) is 0 Å². The van der Waals surface area contributed by atoms with E-state index in [2.05, 4.69) is 4.18 Å². The van der Waals surface area contributed by atoms with Crippen molar-refractivity contribution in [2.24, 2.45) is 0 Å². The Hall–Kier alpha value is -1.96. The molecule has 1 rings (SSSR count). The van der Waals surface area contributed by atoms with Crippen LogP contribution in [0, 0.1) is 10.1 Å². The molecule has 0 bridgehead atoms. The van der Waals surface area contributed by atoms with Crippen LogP contribution in [0.2, 0.25) is 0 Å². The van der Waals surface area contributed by atoms with Crippen LogP contribution in [-0.2, 0) is 24.8 Å². The fourth-order valence-electron chi connectivity index (χ4n) is 1.15. The molecule has 1 aromatic carbocycles. The van der Waals surface area contributed by atoms with Gasteiger partial charge in [0, 0.05) is 18.6 Å². The summed E-state index contributed by atoms with van der Waals surface area (Å²) in [6, 6.07) is 4.98. The molecule has 0 saturated carbocycles. The monoisotopic (exact) mass is 273 g/mol. The molecular weight excluding hydrogens is 262 g/mol. The molecule has 0 amide bonds. The molecule has 0 aliphatic rings. The van der Waals surface area contributed by atoms with E-state index >= 15 is 0 Å². The molecule has 8 heteroatoms. The highest BCUT2D eigenvalue weighted by atomic mass is 32.2. The number of benzene rings is 1. The van der Waals surface area contributed by atoms with Crippen LogP contribution in [0.1, 0.15) is 18.9 Å². The molecule has 1 aromatic rings. The standard InChI is InChI=1S/C10H11NO6S/c1-2-10(12)17-18(15,16)7-8-3-5-9(6-4-8)11(13)14/h3-6H,2,7H2,1H3. The number of carbonyl (C=O) groups excluding carboxylic acids is 1. The average molecular weight is 273 g/mol. The van der Waals surface area contributed by atoms with Crippen LogP contribution >= 0.6 is 0 Å². The summed E-state index contributed by atoms with van der Waals surface area (Å²) in [7, 11) is -4.00. The summed E-state index contributed by atoms with van der Waals surface area (Å²) < 4.78 is 27.1. The Bertz CT molecular complexity index is 548. The summed E-state index contributed by atoms with van der Waals surface area (Å²) in [4.78, 5) is 20.7. The van der Waals surface area contributed by atoms with Gasteiger partial charge in [0.05, 0.1) is 4.92 Å². The first-order valence-corrected chi connectivity index (χ1v) is 6.60. The number of hydrogen-bond acceptors (Lipinski definition) is 6. The summed E-state index contributed by atoms with van der Waals surface area (Å²) >= 11 is 0. The first-order chi connectivity index (χ1) is 8.34. The number of nitro benzene ring substituents is 1. The van der Waals surface area contributed by atoms with Gasteiger partial charge in [-0.05, 0) is 5.56 Å². The van der Waals surface area contributed by atoms with E-state index in [-0.39, 0.29) is 12.1 Å². The third kappa shape index (κ3) is 4.13. The predicted molar refractivity (Wildman–Crippen MR) is 62.1 cm³/mol. The van der Waals surface area contributed by atoms with E-state index in [0.717, 1.165) is 0 Å². The second-order valence-corrected chi connectivity index (χ2v) is 5.01. The molecule has 0 saturated heterocycles. The summed E-state index contributed by atoms with van der Waals surface area (Å²) in [6.45, 7) is 1.48. The molecule has 0 aliphatic carbocycles. The zero-order valence-electron chi connectivity index (χ0n) is 9.53. The first kappa shape index (κ1) is 14.1. The highest BCUT2D eigenvalue weighted by molar-refractivity contribution is 7.86. The molecule has 98 valence electrons. The molecule has 0 unspecified atom stereocenters. The van der Waals surface area contributed by atoms with Gasteiger partial charge >= 0.3 is 16.1 Å². The van der Waals surface area contributed by atoms with Crippen molar-refractivity contribution in [3.05, 3.63) is 39.9 Å². The molecule has 0 aromatic heterocycles. The molecule has 18 heavy (non-hydrogen) atoms. The normalized spacial score (nSPS) is 10.9. The molecular formula is C10H11NO6S. The largest absolute Gasteiger partial charge is 0.345 e. The Morgan fingerprint density at radius 3 is 2.33 bits per heavy atom. The highest BCUT2D eigenvalue weighted by Crippen LogP contribution is 2.14. The van der Waals surface area contributed by atoms with Crippen molar-refractivity contribution in [2.75, 3.05) is 0 Å². The Kier molecular flexibility index (Phi) is 4.38. The lowest BCUT2D eigenvalue weighted by Crippen LogP contribution is -2.14. The summed E-state index contributed by atoms with van der Waals surface area (Å²) in [5.74, 6) is -1.34. The van der Waals surface area contributed by atoms with Crippen molar-refractivity contribution < 1.29 is 22.3 Å². The quantitative estimate of drug-likeness (QED) is 0.456. The fourth-order valence-corrected chi connectivity index (χ4v) is 2.21. The van der Waals surface area contributed by atoms with Gasteiger partial charge in [0.2, 0.25) is 0 Å². The SMILES string of the molecule is CCC(=O)OS(=O)(=O)Cc1ccc([N+](=O)[O-])cc1. The van der Waals surface area contributed by atoms with Crippen molar-refractivity contribution >= 4 is 21.8 Å². The Balaban J connectivity index is 2.78. The summed E-state index contributed by atoms with van der Waals surface area (Å²) in [5, 5.41) is 10.4. The number of nitro groups is 1. The van der Waals surface area contributed by atoms with Gasteiger partial charge in [-0.3, -0.25) is 14.9 Å². The van der Waals surface area contributed by atoms with Gasteiger partial charge in [-0.15, -0.1) is 0 Å². The minimum absolute atomic E-state index is 0.0422. The van der Waals surface area contributed by atoms with E-state index in [1.54, 1.807) is 0 Å². The van der Waals surface area contributed by atoms with Crippen LogP contribution in [0.3, 0.4) is 0 Å². The Morgan fingerprint density at radius 2 is 1.89 bits per heavy atom. The van der Waals surface area contributed by atoms with Crippen LogP contribution in [-0.4, -0.2) is 19.3 Å². The topological polar surface area (TPSA) is 104 Å². The van der Waals surface area contributed by atoms with E-state index in [4.69, 9.17) is 0 Å². The minimum atomic E-state index is -4.00. The smallest absolute Gasteiger partial charge is 0.321 e. The van der Waals surface area contributed by atoms with Crippen LogP contribution in [0.4, 0.5) is 5.69 Å². The van der Waals surface area contributed by atoms with Gasteiger partial charge in [0.25, 0.3) is 5.69 Å². The number of rotatable bonds is 5. The summed E-state index contributed by atoms with van der Waals surface area (Å²) in [5.41, 5.74) is 0.172. The van der Waals surface area contributed by atoms with Crippen molar-refractivity contribution in [3.8, 4) is 0 Å². The molecule has 0 heterocycles. The van der Waals surface area contributed by atoms with E-state index in [0.29, 0.717) is 5.56 Å². The lowest BCUT2D eigenvalue weighted by molar-refractivity contribution is -0.384. The van der Waals surface area contributed by atoms with Gasteiger partial charge in [0.15, 0.2) is 0 Å². The lowest BCUT2D eigenvalue weighted by Gasteiger charge is -2.04. The Morgan fingerprint density at radius 1 is 1.33 bits per heavy atom. The van der Waals surface area contributed by atoms with E-state index in [9.17, 15) is 23.3 Å². The third-order valence-electron chi connectivity index (χ3n) is 2.00. The van der Waals surface area contributed by atoms with E-state index in [1.807, 2.05) is 0 Å². The van der Waals surface area contributed by atoms with Gasteiger partial charge in [-0.1, -0.05) is 19.1 Å². The number of hydrogen-bond donors (Lipinski definition) is 0. The highest BCUT2D eigenvalue weighted by Gasteiger charge is 2.17. The predicted octanol–water partition coefficient (Wildman–Crippen LogP) is 1.38. The second-order valence-electron chi connectivity index (χ2n) is 3.43. The minimum Gasteiger partial charge on any atom is -0.345 e. The molecule has 0 aliphatic heterocycles. The van der Waals surface area contributed by atoms with E-state index in [1.165, 1.54) is 31.2 Å². The maximum absolute atomic E-state index is 11.4. The number of carbonyl (C=O) groups is 1.